The number of anilines is 1. The molecule has 2 aromatic carbocycles. The molecule has 0 aliphatic heterocycles. The number of aromatic carboxylic acids is 1. The van der Waals surface area contributed by atoms with Gasteiger partial charge in [0.05, 0.1) is 5.56 Å². The molecule has 1 aliphatic rings. The van der Waals surface area contributed by atoms with Crippen LogP contribution in [0, 0.1) is 5.82 Å². The molecular weight excluding hydrogens is 269 g/mol. The lowest BCUT2D eigenvalue weighted by Gasteiger charge is -2.27. The van der Waals surface area contributed by atoms with Crippen LogP contribution in [0.4, 0.5) is 10.1 Å². The highest BCUT2D eigenvalue weighted by atomic mass is 19.1. The predicted octanol–water partition coefficient (Wildman–Crippen LogP) is 3.49. The van der Waals surface area contributed by atoms with Crippen LogP contribution in [0.3, 0.4) is 0 Å². The molecule has 0 bridgehead atoms. The molecule has 0 radical (unpaired) electrons. The highest BCUT2D eigenvalue weighted by Gasteiger charge is 2.20. The van der Waals surface area contributed by atoms with Gasteiger partial charge in [-0.1, -0.05) is 24.3 Å². The van der Waals surface area contributed by atoms with Gasteiger partial charge in [-0.15, -0.1) is 0 Å². The smallest absolute Gasteiger partial charge is 0.337 e. The van der Waals surface area contributed by atoms with Crippen molar-refractivity contribution in [2.45, 2.75) is 25.3 Å². The summed E-state index contributed by atoms with van der Waals surface area (Å²) in [5.74, 6) is -1.65. The molecule has 0 aromatic heterocycles. The second-order valence-corrected chi connectivity index (χ2v) is 5.35. The van der Waals surface area contributed by atoms with Crippen LogP contribution in [-0.2, 0) is 12.8 Å². The summed E-state index contributed by atoms with van der Waals surface area (Å²) >= 11 is 0. The van der Waals surface area contributed by atoms with Crippen LogP contribution in [0.15, 0.2) is 42.5 Å². The molecule has 0 saturated carbocycles. The molecule has 0 fully saturated rings. The zero-order valence-corrected chi connectivity index (χ0v) is 11.5. The van der Waals surface area contributed by atoms with Gasteiger partial charge in [-0.3, -0.25) is 0 Å². The van der Waals surface area contributed by atoms with Crippen LogP contribution in [-0.4, -0.2) is 17.1 Å². The average Bonchev–Trinajstić information content (AvgIpc) is 2.49. The largest absolute Gasteiger partial charge is 0.478 e. The number of aryl methyl sites for hydroxylation is 1. The number of hydrogen-bond acceptors (Lipinski definition) is 2. The van der Waals surface area contributed by atoms with E-state index >= 15 is 0 Å². The van der Waals surface area contributed by atoms with Gasteiger partial charge in [-0.2, -0.15) is 0 Å². The van der Waals surface area contributed by atoms with Crippen molar-refractivity contribution in [1.29, 1.82) is 0 Å². The molecule has 108 valence electrons. The van der Waals surface area contributed by atoms with Gasteiger partial charge in [0.15, 0.2) is 0 Å². The molecule has 3 nitrogen and oxygen atoms in total. The van der Waals surface area contributed by atoms with E-state index in [1.54, 1.807) is 0 Å². The maximum absolute atomic E-state index is 13.2. The summed E-state index contributed by atoms with van der Waals surface area (Å²) in [6.45, 7) is 0. The maximum Gasteiger partial charge on any atom is 0.337 e. The van der Waals surface area contributed by atoms with Crippen molar-refractivity contribution < 1.29 is 14.3 Å². The third kappa shape index (κ3) is 2.89. The molecular formula is C17H16FNO2. The van der Waals surface area contributed by atoms with E-state index in [2.05, 4.69) is 17.4 Å². The molecule has 1 atom stereocenters. The highest BCUT2D eigenvalue weighted by Crippen LogP contribution is 2.25. The van der Waals surface area contributed by atoms with Crippen LogP contribution >= 0.6 is 0 Å². The monoisotopic (exact) mass is 285 g/mol. The lowest BCUT2D eigenvalue weighted by Crippen LogP contribution is -2.28. The Labute approximate surface area is 122 Å². The van der Waals surface area contributed by atoms with Gasteiger partial charge < -0.3 is 10.4 Å². The molecule has 3 rings (SSSR count). The number of hydrogen-bond donors (Lipinski definition) is 2. The Morgan fingerprint density at radius 1 is 1.19 bits per heavy atom. The summed E-state index contributed by atoms with van der Waals surface area (Å²) in [5.41, 5.74) is 3.11. The molecule has 0 amide bonds. The van der Waals surface area contributed by atoms with Crippen LogP contribution in [0.25, 0.3) is 0 Å². The standard InChI is InChI=1S/C17H16FNO2/c18-13-6-8-16(15(10-13)17(20)21)19-14-7-5-11-3-1-2-4-12(11)9-14/h1-4,6,8,10,14,19H,5,7,9H2,(H,20,21). The SMILES string of the molecule is O=C(O)c1cc(F)ccc1NC1CCc2ccccc2C1. The van der Waals surface area contributed by atoms with E-state index in [4.69, 9.17) is 0 Å². The minimum Gasteiger partial charge on any atom is -0.478 e. The Balaban J connectivity index is 1.81. The first-order valence-corrected chi connectivity index (χ1v) is 6.99. The third-order valence-electron chi connectivity index (χ3n) is 3.92. The molecule has 1 unspecified atom stereocenters. The van der Waals surface area contributed by atoms with Crippen LogP contribution in [0.2, 0.25) is 0 Å². The van der Waals surface area contributed by atoms with Gasteiger partial charge in [-0.25, -0.2) is 9.18 Å². The number of carbonyl (C=O) groups is 1. The van der Waals surface area contributed by atoms with Crippen molar-refractivity contribution in [2.24, 2.45) is 0 Å². The Morgan fingerprint density at radius 3 is 2.71 bits per heavy atom. The normalized spacial score (nSPS) is 17.1. The second-order valence-electron chi connectivity index (χ2n) is 5.35. The topological polar surface area (TPSA) is 49.3 Å². The number of halogens is 1. The molecule has 21 heavy (non-hydrogen) atoms. The van der Waals surface area contributed by atoms with E-state index < -0.39 is 11.8 Å². The third-order valence-corrected chi connectivity index (χ3v) is 3.92. The van der Waals surface area contributed by atoms with Crippen molar-refractivity contribution in [3.05, 3.63) is 65.0 Å². The van der Waals surface area contributed by atoms with E-state index in [9.17, 15) is 14.3 Å². The van der Waals surface area contributed by atoms with Crippen molar-refractivity contribution in [2.75, 3.05) is 5.32 Å². The van der Waals surface area contributed by atoms with E-state index in [1.165, 1.54) is 23.3 Å². The molecule has 2 aromatic rings. The Morgan fingerprint density at radius 2 is 1.95 bits per heavy atom. The Hall–Kier alpha value is -2.36. The van der Waals surface area contributed by atoms with Gasteiger partial charge in [0.2, 0.25) is 0 Å². The van der Waals surface area contributed by atoms with Crippen molar-refractivity contribution in [3.8, 4) is 0 Å². The molecule has 0 spiro atoms. The first kappa shape index (κ1) is 13.6. The summed E-state index contributed by atoms with van der Waals surface area (Å²) < 4.78 is 13.2. The van der Waals surface area contributed by atoms with Crippen LogP contribution in [0.5, 0.6) is 0 Å². The van der Waals surface area contributed by atoms with Crippen LogP contribution < -0.4 is 5.32 Å². The summed E-state index contributed by atoms with van der Waals surface area (Å²) in [6, 6.07) is 12.3. The quantitative estimate of drug-likeness (QED) is 0.907. The van der Waals surface area contributed by atoms with Crippen LogP contribution in [0.1, 0.15) is 27.9 Å². The lowest BCUT2D eigenvalue weighted by atomic mass is 9.88. The molecule has 4 heteroatoms. The maximum atomic E-state index is 13.2. The molecule has 2 N–H and O–H groups in total. The first-order chi connectivity index (χ1) is 10.1. The average molecular weight is 285 g/mol. The number of rotatable bonds is 3. The summed E-state index contributed by atoms with van der Waals surface area (Å²) in [6.07, 6.45) is 2.76. The Kier molecular flexibility index (Phi) is 3.60. The summed E-state index contributed by atoms with van der Waals surface area (Å²) in [4.78, 5) is 11.2. The number of carboxylic acids is 1. The summed E-state index contributed by atoms with van der Waals surface area (Å²) in [7, 11) is 0. The molecule has 0 saturated heterocycles. The van der Waals surface area contributed by atoms with Gasteiger partial charge >= 0.3 is 5.97 Å². The van der Waals surface area contributed by atoms with Gasteiger partial charge in [0.25, 0.3) is 0 Å². The minimum atomic E-state index is -1.12. The van der Waals surface area contributed by atoms with Crippen molar-refractivity contribution in [3.63, 3.8) is 0 Å². The van der Waals surface area contributed by atoms with E-state index in [0.29, 0.717) is 5.69 Å². The molecule has 1 aliphatic carbocycles. The minimum absolute atomic E-state index is 0.0196. The van der Waals surface area contributed by atoms with Gasteiger partial charge in [0, 0.05) is 11.7 Å². The number of nitrogens with one attached hydrogen (secondary N) is 1. The predicted molar refractivity (Wildman–Crippen MR) is 79.2 cm³/mol. The second kappa shape index (κ2) is 5.56. The zero-order chi connectivity index (χ0) is 14.8. The van der Waals surface area contributed by atoms with E-state index in [-0.39, 0.29) is 11.6 Å². The van der Waals surface area contributed by atoms with Gasteiger partial charge in [-0.05, 0) is 48.6 Å². The fraction of sp³-hybridized carbons (Fsp3) is 0.235. The van der Waals surface area contributed by atoms with Crippen molar-refractivity contribution >= 4 is 11.7 Å². The fourth-order valence-corrected chi connectivity index (χ4v) is 2.86. The number of fused-ring (bicyclic) bond motifs is 1. The van der Waals surface area contributed by atoms with Crippen molar-refractivity contribution in [1.82, 2.24) is 0 Å². The van der Waals surface area contributed by atoms with Gasteiger partial charge in [0.1, 0.15) is 5.82 Å². The zero-order valence-electron chi connectivity index (χ0n) is 11.5. The summed E-state index contributed by atoms with van der Waals surface area (Å²) in [5, 5.41) is 12.4. The highest BCUT2D eigenvalue weighted by molar-refractivity contribution is 5.94. The lowest BCUT2D eigenvalue weighted by molar-refractivity contribution is 0.0697. The molecule has 0 heterocycles. The number of carboxylic acid groups (broad SMARTS) is 1. The van der Waals surface area contributed by atoms with E-state index in [0.717, 1.165) is 25.3 Å². The Bertz CT molecular complexity index is 684. The first-order valence-electron chi connectivity index (χ1n) is 6.99. The van der Waals surface area contributed by atoms with E-state index in [1.807, 2.05) is 12.1 Å². The number of benzene rings is 2. The fourth-order valence-electron chi connectivity index (χ4n) is 2.86.